The van der Waals surface area contributed by atoms with Gasteiger partial charge in [0.05, 0.1) is 6.61 Å². The highest BCUT2D eigenvalue weighted by Gasteiger charge is 2.40. The molecular weight excluding hydrogens is 466 g/mol. The van der Waals surface area contributed by atoms with Gasteiger partial charge in [0.25, 0.3) is 0 Å². The summed E-state index contributed by atoms with van der Waals surface area (Å²) in [6, 6.07) is 8.11. The van der Waals surface area contributed by atoms with Gasteiger partial charge in [0.1, 0.15) is 23.3 Å². The minimum atomic E-state index is -1.46. The molecule has 0 aliphatic heterocycles. The fraction of sp³-hybridized carbons (Fsp3) is 0.630. The molecule has 0 saturated heterocycles. The average molecular weight is 508 g/mol. The fourth-order valence-corrected chi connectivity index (χ4v) is 3.22. The zero-order chi connectivity index (χ0) is 27.5. The minimum Gasteiger partial charge on any atom is -0.480 e. The molecule has 0 bridgehead atoms. The second-order valence-corrected chi connectivity index (χ2v) is 10.7. The van der Waals surface area contributed by atoms with Crippen LogP contribution in [0.25, 0.3) is 0 Å². The van der Waals surface area contributed by atoms with Crippen LogP contribution >= 0.6 is 0 Å². The number of benzene rings is 1. The van der Waals surface area contributed by atoms with Crippen molar-refractivity contribution in [2.24, 2.45) is 0 Å². The Kier molecular flexibility index (Phi) is 12.1. The lowest BCUT2D eigenvalue weighted by Crippen LogP contribution is -2.52. The summed E-state index contributed by atoms with van der Waals surface area (Å²) in [5.41, 5.74) is -0.878. The van der Waals surface area contributed by atoms with Crippen LogP contribution in [0, 0.1) is 0 Å². The summed E-state index contributed by atoms with van der Waals surface area (Å²) in [6.45, 7) is 11.8. The Hall–Kier alpha value is -2.94. The molecule has 0 fully saturated rings. The Morgan fingerprint density at radius 1 is 0.861 bits per heavy atom. The lowest BCUT2D eigenvalue weighted by Gasteiger charge is -2.31. The lowest BCUT2D eigenvalue weighted by atomic mass is 10.0. The van der Waals surface area contributed by atoms with Gasteiger partial charge in [-0.25, -0.2) is 14.4 Å². The molecule has 0 aliphatic rings. The third kappa shape index (κ3) is 12.2. The van der Waals surface area contributed by atoms with E-state index in [0.717, 1.165) is 5.56 Å². The first kappa shape index (κ1) is 31.1. The molecule has 1 aromatic carbocycles. The molecule has 0 heterocycles. The molecular formula is C27H41NO8. The number of ketones is 1. The maximum atomic E-state index is 12.7. The molecule has 1 N–H and O–H groups in total. The third-order valence-electron chi connectivity index (χ3n) is 4.97. The van der Waals surface area contributed by atoms with Crippen molar-refractivity contribution >= 4 is 23.9 Å². The molecule has 202 valence electrons. The largest absolute Gasteiger partial charge is 0.480 e. The quantitative estimate of drug-likeness (QED) is 0.356. The van der Waals surface area contributed by atoms with Gasteiger partial charge in [-0.05, 0) is 66.9 Å². The number of aliphatic carboxylic acids is 1. The molecule has 36 heavy (non-hydrogen) atoms. The van der Waals surface area contributed by atoms with Gasteiger partial charge in [0, 0.05) is 6.42 Å². The van der Waals surface area contributed by atoms with E-state index >= 15 is 0 Å². The number of imide groups is 1. The molecule has 0 aromatic heterocycles. The Labute approximate surface area is 214 Å². The second kappa shape index (κ2) is 14.0. The van der Waals surface area contributed by atoms with Crippen LogP contribution < -0.4 is 0 Å². The van der Waals surface area contributed by atoms with Gasteiger partial charge in [0.2, 0.25) is 0 Å². The molecule has 2 atom stereocenters. The van der Waals surface area contributed by atoms with E-state index in [9.17, 15) is 24.3 Å². The van der Waals surface area contributed by atoms with Crippen molar-refractivity contribution in [3.63, 3.8) is 0 Å². The van der Waals surface area contributed by atoms with Crippen LogP contribution in [0.1, 0.15) is 86.1 Å². The highest BCUT2D eigenvalue weighted by atomic mass is 16.6. The zero-order valence-corrected chi connectivity index (χ0v) is 22.5. The third-order valence-corrected chi connectivity index (χ3v) is 4.97. The first-order valence-corrected chi connectivity index (χ1v) is 12.3. The Balaban J connectivity index is 2.66. The number of carbonyl (C=O) groups excluding carboxylic acids is 3. The summed E-state index contributed by atoms with van der Waals surface area (Å²) in [5.74, 6) is -1.38. The Morgan fingerprint density at radius 2 is 1.39 bits per heavy atom. The van der Waals surface area contributed by atoms with E-state index in [0.29, 0.717) is 30.8 Å². The van der Waals surface area contributed by atoms with Crippen LogP contribution in [-0.2, 0) is 30.4 Å². The molecule has 2 amide bonds. The van der Waals surface area contributed by atoms with E-state index < -0.39 is 41.5 Å². The van der Waals surface area contributed by atoms with Gasteiger partial charge in [0.15, 0.2) is 5.78 Å². The first-order chi connectivity index (χ1) is 16.6. The van der Waals surface area contributed by atoms with Crippen LogP contribution in [0.2, 0.25) is 0 Å². The summed E-state index contributed by atoms with van der Waals surface area (Å²) in [4.78, 5) is 50.4. The molecule has 0 radical (unpaired) electrons. The maximum Gasteiger partial charge on any atom is 0.420 e. The Bertz CT molecular complexity index is 842. The van der Waals surface area contributed by atoms with Crippen molar-refractivity contribution in [2.75, 3.05) is 0 Å². The van der Waals surface area contributed by atoms with Gasteiger partial charge < -0.3 is 19.3 Å². The van der Waals surface area contributed by atoms with E-state index in [1.807, 2.05) is 30.3 Å². The number of hydrogen-bond acceptors (Lipinski definition) is 7. The van der Waals surface area contributed by atoms with Crippen molar-refractivity contribution in [2.45, 2.75) is 111 Å². The highest BCUT2D eigenvalue weighted by molar-refractivity contribution is 5.93. The van der Waals surface area contributed by atoms with Crippen LogP contribution in [0.5, 0.6) is 0 Å². The van der Waals surface area contributed by atoms with E-state index in [1.165, 1.54) is 0 Å². The van der Waals surface area contributed by atoms with Gasteiger partial charge in [-0.2, -0.15) is 4.90 Å². The summed E-state index contributed by atoms with van der Waals surface area (Å²) >= 11 is 0. The monoisotopic (exact) mass is 507 g/mol. The smallest absolute Gasteiger partial charge is 0.420 e. The van der Waals surface area contributed by atoms with E-state index in [2.05, 4.69) is 0 Å². The SMILES string of the molecule is CC(OCc1ccccc1)C(=O)CCCCC[C@@H](C(=O)O)N(C(=O)OC(C)(C)C)C(=O)OC(C)(C)C. The number of nitrogens with zero attached hydrogens (tertiary/aromatic N) is 1. The molecule has 1 unspecified atom stereocenters. The standard InChI is InChI=1S/C27H41NO8/c1-19(34-18-20-14-10-8-11-15-20)22(29)17-13-9-12-16-21(23(30)31)28(24(32)35-26(2,3)4)25(33)36-27(5,6)7/h8,10-11,14-15,19,21H,9,12-13,16-18H2,1-7H3,(H,30,31)/t19?,21-/m0/s1. The molecule has 0 aliphatic carbocycles. The predicted molar refractivity (Wildman–Crippen MR) is 135 cm³/mol. The first-order valence-electron chi connectivity index (χ1n) is 12.3. The summed E-state index contributed by atoms with van der Waals surface area (Å²) in [7, 11) is 0. The second-order valence-electron chi connectivity index (χ2n) is 10.7. The summed E-state index contributed by atoms with van der Waals surface area (Å²) in [5, 5.41) is 9.78. The lowest BCUT2D eigenvalue weighted by molar-refractivity contribution is -0.143. The minimum absolute atomic E-state index is 0.00205. The van der Waals surface area contributed by atoms with Crippen molar-refractivity contribution < 1.29 is 38.5 Å². The van der Waals surface area contributed by atoms with Crippen molar-refractivity contribution in [1.82, 2.24) is 4.90 Å². The molecule has 1 aromatic rings. The number of Topliss-reactive ketones (excluding diaryl/α,β-unsaturated/α-hetero) is 1. The number of unbranched alkanes of at least 4 members (excludes halogenated alkanes) is 2. The van der Waals surface area contributed by atoms with Crippen LogP contribution in [-0.4, -0.2) is 57.3 Å². The van der Waals surface area contributed by atoms with Crippen molar-refractivity contribution in [1.29, 1.82) is 0 Å². The van der Waals surface area contributed by atoms with Crippen molar-refractivity contribution in [3.05, 3.63) is 35.9 Å². The number of rotatable bonds is 12. The Morgan fingerprint density at radius 3 is 1.86 bits per heavy atom. The van der Waals surface area contributed by atoms with Gasteiger partial charge in [-0.15, -0.1) is 0 Å². The van der Waals surface area contributed by atoms with Gasteiger partial charge >= 0.3 is 18.2 Å². The fourth-order valence-electron chi connectivity index (χ4n) is 3.22. The molecule has 9 heteroatoms. The molecule has 9 nitrogen and oxygen atoms in total. The summed E-state index contributed by atoms with van der Waals surface area (Å²) in [6.07, 6.45) is -0.969. The normalized spacial score (nSPS) is 13.4. The predicted octanol–water partition coefficient (Wildman–Crippen LogP) is 5.74. The molecule has 0 spiro atoms. The molecule has 1 rings (SSSR count). The summed E-state index contributed by atoms with van der Waals surface area (Å²) < 4.78 is 16.2. The van der Waals surface area contributed by atoms with E-state index in [1.54, 1.807) is 48.5 Å². The van der Waals surface area contributed by atoms with Crippen molar-refractivity contribution in [3.8, 4) is 0 Å². The van der Waals surface area contributed by atoms with Crippen LogP contribution in [0.4, 0.5) is 9.59 Å². The highest BCUT2D eigenvalue weighted by Crippen LogP contribution is 2.20. The van der Waals surface area contributed by atoms with Crippen LogP contribution in [0.15, 0.2) is 30.3 Å². The van der Waals surface area contributed by atoms with Gasteiger partial charge in [-0.1, -0.05) is 43.2 Å². The van der Waals surface area contributed by atoms with Crippen LogP contribution in [0.3, 0.4) is 0 Å². The topological polar surface area (TPSA) is 119 Å². The zero-order valence-electron chi connectivity index (χ0n) is 22.5. The van der Waals surface area contributed by atoms with E-state index in [-0.39, 0.29) is 18.6 Å². The molecule has 0 saturated carbocycles. The number of hydrogen-bond donors (Lipinski definition) is 1. The number of amides is 2. The van der Waals surface area contributed by atoms with E-state index in [4.69, 9.17) is 14.2 Å². The maximum absolute atomic E-state index is 12.7. The number of ether oxygens (including phenoxy) is 3. The van der Waals surface area contributed by atoms with Gasteiger partial charge in [-0.3, -0.25) is 4.79 Å². The number of carbonyl (C=O) groups is 4. The average Bonchev–Trinajstić information content (AvgIpc) is 2.74. The number of carboxylic acids is 1. The number of carboxylic acid groups (broad SMARTS) is 1.